The minimum absolute atomic E-state index is 0.170. The summed E-state index contributed by atoms with van der Waals surface area (Å²) in [7, 11) is 0. The van der Waals surface area contributed by atoms with Gasteiger partial charge in [0.05, 0.1) is 6.61 Å². The molecule has 1 rings (SSSR count). The quantitative estimate of drug-likeness (QED) is 0.571. The van der Waals surface area contributed by atoms with E-state index in [9.17, 15) is 10.0 Å². The number of rotatable bonds is 2. The zero-order valence-electron chi connectivity index (χ0n) is 8.11. The average molecular weight is 196 g/mol. The second-order valence-electron chi connectivity index (χ2n) is 2.69. The number of anilines is 1. The highest BCUT2D eigenvalue weighted by Crippen LogP contribution is 2.01. The molecule has 0 saturated carbocycles. The van der Waals surface area contributed by atoms with Crippen LogP contribution in [0.25, 0.3) is 0 Å². The van der Waals surface area contributed by atoms with E-state index in [4.69, 9.17) is 0 Å². The van der Waals surface area contributed by atoms with Crippen LogP contribution in [0, 0.1) is 12.1 Å². The number of hydrogen-bond donors (Lipinski definition) is 1. The van der Waals surface area contributed by atoms with Gasteiger partial charge in [-0.15, -0.1) is 0 Å². The Morgan fingerprint density at radius 2 is 2.36 bits per heavy atom. The fourth-order valence-electron chi connectivity index (χ4n) is 0.968. The lowest BCUT2D eigenvalue weighted by Gasteiger charge is -2.09. The Morgan fingerprint density at radius 3 is 3.00 bits per heavy atom. The summed E-state index contributed by atoms with van der Waals surface area (Å²) >= 11 is 0. The van der Waals surface area contributed by atoms with Crippen molar-refractivity contribution < 1.29 is 14.3 Å². The molecule has 0 unspecified atom stereocenters. The molecule has 0 aliphatic heterocycles. The smallest absolute Gasteiger partial charge is 0.504 e. The topological polar surface area (TPSA) is 65.3 Å². The second kappa shape index (κ2) is 4.45. The van der Waals surface area contributed by atoms with Gasteiger partial charge in [0.15, 0.2) is 0 Å². The zero-order valence-corrected chi connectivity index (χ0v) is 8.11. The summed E-state index contributed by atoms with van der Waals surface area (Å²) in [5.74, 6) is 0.170. The van der Waals surface area contributed by atoms with Crippen LogP contribution in [0.1, 0.15) is 12.6 Å². The van der Waals surface area contributed by atoms with Gasteiger partial charge >= 0.3 is 6.09 Å². The highest BCUT2D eigenvalue weighted by Gasteiger charge is 2.11. The molecule has 14 heavy (non-hydrogen) atoms. The van der Waals surface area contributed by atoms with Gasteiger partial charge in [0.25, 0.3) is 5.82 Å². The fourth-order valence-corrected chi connectivity index (χ4v) is 0.968. The maximum Gasteiger partial charge on any atom is 0.504 e. The SMILES string of the molecule is CCOC(=O)Nc1cccc(C)[n+]1[O-]. The molecular formula is C9H12N2O3. The minimum Gasteiger partial charge on any atom is -0.710 e. The molecule has 0 aliphatic carbocycles. The van der Waals surface area contributed by atoms with Crippen molar-refractivity contribution in [3.63, 3.8) is 0 Å². The molecule has 0 spiro atoms. The maximum absolute atomic E-state index is 11.4. The van der Waals surface area contributed by atoms with Crippen molar-refractivity contribution in [3.8, 4) is 0 Å². The van der Waals surface area contributed by atoms with E-state index < -0.39 is 6.09 Å². The molecule has 0 aromatic carbocycles. The van der Waals surface area contributed by atoms with Crippen molar-refractivity contribution in [1.82, 2.24) is 0 Å². The highest BCUT2D eigenvalue weighted by atomic mass is 16.5. The van der Waals surface area contributed by atoms with Gasteiger partial charge in [-0.1, -0.05) is 6.07 Å². The van der Waals surface area contributed by atoms with E-state index in [2.05, 4.69) is 10.1 Å². The summed E-state index contributed by atoms with van der Waals surface area (Å²) in [6, 6.07) is 4.85. The van der Waals surface area contributed by atoms with Crippen LogP contribution in [0.2, 0.25) is 0 Å². The molecule has 5 nitrogen and oxygen atoms in total. The molecule has 1 aromatic heterocycles. The fraction of sp³-hybridized carbons (Fsp3) is 0.333. The maximum atomic E-state index is 11.4. The third-order valence-corrected chi connectivity index (χ3v) is 1.64. The zero-order chi connectivity index (χ0) is 10.6. The Kier molecular flexibility index (Phi) is 3.28. The first-order valence-corrected chi connectivity index (χ1v) is 4.28. The second-order valence-corrected chi connectivity index (χ2v) is 2.69. The van der Waals surface area contributed by atoms with E-state index in [1.165, 1.54) is 6.07 Å². The summed E-state index contributed by atoms with van der Waals surface area (Å²) in [4.78, 5) is 11.0. The van der Waals surface area contributed by atoms with Gasteiger partial charge < -0.3 is 9.94 Å². The summed E-state index contributed by atoms with van der Waals surface area (Å²) in [6.45, 7) is 3.63. The Balaban J connectivity index is 2.76. The molecular weight excluding hydrogens is 184 g/mol. The lowest BCUT2D eigenvalue weighted by Crippen LogP contribution is -2.35. The van der Waals surface area contributed by atoms with Crippen LogP contribution in [0.15, 0.2) is 18.2 Å². The normalized spacial score (nSPS) is 9.57. The van der Waals surface area contributed by atoms with Crippen LogP contribution in [0.5, 0.6) is 0 Å². The first-order chi connectivity index (χ1) is 6.65. The first kappa shape index (κ1) is 10.3. The van der Waals surface area contributed by atoms with Crippen LogP contribution >= 0.6 is 0 Å². The third kappa shape index (κ3) is 2.35. The van der Waals surface area contributed by atoms with E-state index >= 15 is 0 Å². The van der Waals surface area contributed by atoms with Crippen LogP contribution in [-0.2, 0) is 4.74 Å². The molecule has 0 bridgehead atoms. The number of hydrogen-bond acceptors (Lipinski definition) is 3. The van der Waals surface area contributed by atoms with E-state index in [0.717, 1.165) is 0 Å². The summed E-state index contributed by atoms with van der Waals surface area (Å²) in [5, 5.41) is 13.7. The predicted molar refractivity (Wildman–Crippen MR) is 50.8 cm³/mol. The van der Waals surface area contributed by atoms with Crippen LogP contribution < -0.4 is 10.0 Å². The monoisotopic (exact) mass is 196 g/mol. The lowest BCUT2D eigenvalue weighted by atomic mass is 10.4. The molecule has 76 valence electrons. The van der Waals surface area contributed by atoms with E-state index in [1.807, 2.05) is 0 Å². The first-order valence-electron chi connectivity index (χ1n) is 4.28. The Hall–Kier alpha value is -1.78. The van der Waals surface area contributed by atoms with Gasteiger partial charge in [-0.25, -0.2) is 4.73 Å². The van der Waals surface area contributed by atoms with Gasteiger partial charge in [0.2, 0.25) is 0 Å². The van der Waals surface area contributed by atoms with Crippen LogP contribution in [0.3, 0.4) is 0 Å². The largest absolute Gasteiger partial charge is 0.710 e. The molecule has 1 aromatic rings. The summed E-state index contributed by atoms with van der Waals surface area (Å²) in [6.07, 6.45) is -0.622. The van der Waals surface area contributed by atoms with Crippen molar-refractivity contribution in [2.24, 2.45) is 0 Å². The number of aryl methyl sites for hydroxylation is 1. The van der Waals surface area contributed by atoms with Gasteiger partial charge in [-0.2, -0.15) is 10.1 Å². The number of nitrogens with zero attached hydrogens (tertiary/aromatic N) is 1. The molecule has 0 atom stereocenters. The number of amides is 1. The van der Waals surface area contributed by atoms with Gasteiger partial charge in [-0.05, 0) is 19.9 Å². The van der Waals surface area contributed by atoms with E-state index in [0.29, 0.717) is 10.4 Å². The van der Waals surface area contributed by atoms with Crippen molar-refractivity contribution in [2.75, 3.05) is 11.9 Å². The molecule has 1 amide bonds. The van der Waals surface area contributed by atoms with Crippen molar-refractivity contribution in [3.05, 3.63) is 29.1 Å². The molecule has 0 aliphatic rings. The van der Waals surface area contributed by atoms with E-state index in [-0.39, 0.29) is 12.4 Å². The molecule has 1 heterocycles. The predicted octanol–water partition coefficient (Wildman–Crippen LogP) is 1.20. The van der Waals surface area contributed by atoms with Crippen molar-refractivity contribution >= 4 is 11.9 Å². The summed E-state index contributed by atoms with van der Waals surface area (Å²) < 4.78 is 5.27. The van der Waals surface area contributed by atoms with Gasteiger partial charge in [-0.3, -0.25) is 0 Å². The highest BCUT2D eigenvalue weighted by molar-refractivity contribution is 5.82. The Labute approximate surface area is 81.9 Å². The lowest BCUT2D eigenvalue weighted by molar-refractivity contribution is -0.597. The molecule has 5 heteroatoms. The average Bonchev–Trinajstić information content (AvgIpc) is 2.13. The number of nitrogens with one attached hydrogen (secondary N) is 1. The van der Waals surface area contributed by atoms with Crippen LogP contribution in [0.4, 0.5) is 10.6 Å². The number of ether oxygens (including phenoxy) is 1. The number of carbonyl (C=O) groups excluding carboxylic acids is 1. The summed E-state index contributed by atoms with van der Waals surface area (Å²) in [5.41, 5.74) is 0.513. The van der Waals surface area contributed by atoms with Crippen LogP contribution in [-0.4, -0.2) is 12.7 Å². The molecule has 0 fully saturated rings. The Morgan fingerprint density at radius 1 is 1.64 bits per heavy atom. The minimum atomic E-state index is -0.622. The number of carbonyl (C=O) groups is 1. The number of pyridine rings is 1. The number of aromatic nitrogens is 1. The Bertz CT molecular complexity index is 339. The van der Waals surface area contributed by atoms with Crippen molar-refractivity contribution in [2.45, 2.75) is 13.8 Å². The van der Waals surface area contributed by atoms with Gasteiger partial charge in [0.1, 0.15) is 5.69 Å². The standard InChI is InChI=1S/C9H12N2O3/c1-3-14-9(12)10-8-6-4-5-7(2)11(8)13/h4-6H,3H2,1-2H3,(H,10,12). The van der Waals surface area contributed by atoms with E-state index in [1.54, 1.807) is 26.0 Å². The van der Waals surface area contributed by atoms with Gasteiger partial charge in [0, 0.05) is 6.07 Å². The molecule has 0 radical (unpaired) electrons. The molecule has 0 saturated heterocycles. The molecule has 1 N–H and O–H groups in total. The third-order valence-electron chi connectivity index (χ3n) is 1.64. The van der Waals surface area contributed by atoms with Crippen molar-refractivity contribution in [1.29, 1.82) is 0 Å².